The van der Waals surface area contributed by atoms with Crippen molar-refractivity contribution in [3.63, 3.8) is 0 Å². The van der Waals surface area contributed by atoms with E-state index < -0.39 is 6.04 Å². The summed E-state index contributed by atoms with van der Waals surface area (Å²) >= 11 is 0. The van der Waals surface area contributed by atoms with Crippen LogP contribution in [0.2, 0.25) is 0 Å². The molecule has 1 aromatic heterocycles. The van der Waals surface area contributed by atoms with E-state index in [1.807, 2.05) is 31.2 Å². The molecule has 1 amide bonds. The molecule has 0 saturated heterocycles. The maximum Gasteiger partial charge on any atom is 0.238 e. The Morgan fingerprint density at radius 3 is 2.52 bits per heavy atom. The van der Waals surface area contributed by atoms with Gasteiger partial charge in [-0.15, -0.1) is 0 Å². The Balaban J connectivity index is 1.69. The van der Waals surface area contributed by atoms with Crippen molar-refractivity contribution in [2.75, 3.05) is 18.9 Å². The van der Waals surface area contributed by atoms with Crippen LogP contribution in [0.25, 0.3) is 10.9 Å². The standard InChI is InChI=1S/C21H22FN3O2/c1-13-20(17-6-4-5-7-18(17)23-13)21(27)14(2)25(3)12-19(26)24-16-10-8-15(22)9-11-16/h4-11,14,23H,12H2,1-3H3,(H,24,26). The molecule has 2 aromatic carbocycles. The predicted octanol–water partition coefficient (Wildman–Crippen LogP) is 3.76. The van der Waals surface area contributed by atoms with E-state index in [9.17, 15) is 14.0 Å². The number of Topliss-reactive ketones (excluding diaryl/α,β-unsaturated/α-hetero) is 1. The van der Waals surface area contributed by atoms with Crippen molar-refractivity contribution in [3.8, 4) is 0 Å². The second-order valence-corrected chi connectivity index (χ2v) is 6.68. The zero-order chi connectivity index (χ0) is 19.6. The number of nitrogens with zero attached hydrogens (tertiary/aromatic N) is 1. The van der Waals surface area contributed by atoms with Crippen LogP contribution < -0.4 is 5.32 Å². The molecule has 0 aliphatic carbocycles. The molecule has 5 nitrogen and oxygen atoms in total. The number of nitrogens with one attached hydrogen (secondary N) is 2. The van der Waals surface area contributed by atoms with Gasteiger partial charge in [0.2, 0.25) is 5.91 Å². The van der Waals surface area contributed by atoms with Crippen molar-refractivity contribution >= 4 is 28.3 Å². The number of likely N-dealkylation sites (N-methyl/N-ethyl adjacent to an activating group) is 1. The van der Waals surface area contributed by atoms with Gasteiger partial charge in [-0.3, -0.25) is 14.5 Å². The fourth-order valence-corrected chi connectivity index (χ4v) is 3.10. The molecule has 0 aliphatic heterocycles. The van der Waals surface area contributed by atoms with E-state index in [0.29, 0.717) is 11.3 Å². The molecule has 0 bridgehead atoms. The first-order chi connectivity index (χ1) is 12.9. The maximum atomic E-state index is 13.0. The largest absolute Gasteiger partial charge is 0.358 e. The summed E-state index contributed by atoms with van der Waals surface area (Å²) in [4.78, 5) is 30.2. The van der Waals surface area contributed by atoms with Gasteiger partial charge in [-0.05, 0) is 51.2 Å². The summed E-state index contributed by atoms with van der Waals surface area (Å²) in [6, 6.07) is 12.8. The number of H-pyrrole nitrogens is 1. The quantitative estimate of drug-likeness (QED) is 0.652. The highest BCUT2D eigenvalue weighted by Gasteiger charge is 2.25. The Hall–Kier alpha value is -2.99. The van der Waals surface area contributed by atoms with Crippen molar-refractivity contribution in [1.29, 1.82) is 0 Å². The van der Waals surface area contributed by atoms with Crippen molar-refractivity contribution in [2.45, 2.75) is 19.9 Å². The van der Waals surface area contributed by atoms with E-state index in [1.165, 1.54) is 24.3 Å². The second-order valence-electron chi connectivity index (χ2n) is 6.68. The Morgan fingerprint density at radius 1 is 1.15 bits per heavy atom. The zero-order valence-corrected chi connectivity index (χ0v) is 15.5. The number of hydrogen-bond donors (Lipinski definition) is 2. The number of rotatable bonds is 6. The van der Waals surface area contributed by atoms with Crippen molar-refractivity contribution in [3.05, 3.63) is 65.6 Å². The molecule has 0 fully saturated rings. The molecule has 27 heavy (non-hydrogen) atoms. The highest BCUT2D eigenvalue weighted by molar-refractivity contribution is 6.11. The van der Waals surface area contributed by atoms with Crippen LogP contribution in [0.1, 0.15) is 23.0 Å². The lowest BCUT2D eigenvalue weighted by atomic mass is 10.0. The van der Waals surface area contributed by atoms with Gasteiger partial charge < -0.3 is 10.3 Å². The van der Waals surface area contributed by atoms with Gasteiger partial charge in [-0.25, -0.2) is 4.39 Å². The van der Waals surface area contributed by atoms with E-state index in [4.69, 9.17) is 0 Å². The van der Waals surface area contributed by atoms with Crippen LogP contribution in [-0.4, -0.2) is 41.2 Å². The lowest BCUT2D eigenvalue weighted by molar-refractivity contribution is -0.117. The van der Waals surface area contributed by atoms with Gasteiger partial charge in [0.05, 0.1) is 12.6 Å². The van der Waals surface area contributed by atoms with Gasteiger partial charge >= 0.3 is 0 Å². The molecule has 1 unspecified atom stereocenters. The number of aryl methyl sites for hydroxylation is 1. The molecule has 1 atom stereocenters. The number of fused-ring (bicyclic) bond motifs is 1. The number of carbonyl (C=O) groups excluding carboxylic acids is 2. The number of benzene rings is 2. The SMILES string of the molecule is Cc1[nH]c2ccccc2c1C(=O)C(C)N(C)CC(=O)Nc1ccc(F)cc1. The van der Waals surface area contributed by atoms with Crippen LogP contribution in [0, 0.1) is 12.7 Å². The highest BCUT2D eigenvalue weighted by Crippen LogP contribution is 2.24. The number of anilines is 1. The van der Waals surface area contributed by atoms with Crippen LogP contribution in [0.15, 0.2) is 48.5 Å². The number of para-hydroxylation sites is 1. The number of halogens is 1. The Kier molecular flexibility index (Phi) is 5.37. The van der Waals surface area contributed by atoms with Gasteiger partial charge in [0, 0.05) is 27.8 Å². The molecular formula is C21H22FN3O2. The number of ketones is 1. The van der Waals surface area contributed by atoms with Gasteiger partial charge in [-0.1, -0.05) is 18.2 Å². The fraction of sp³-hybridized carbons (Fsp3) is 0.238. The number of amides is 1. The molecule has 6 heteroatoms. The number of carbonyl (C=O) groups is 2. The molecule has 3 rings (SSSR count). The predicted molar refractivity (Wildman–Crippen MR) is 104 cm³/mol. The maximum absolute atomic E-state index is 13.0. The van der Waals surface area contributed by atoms with Gasteiger partial charge in [0.1, 0.15) is 5.82 Å². The molecule has 0 aliphatic rings. The molecule has 3 aromatic rings. The van der Waals surface area contributed by atoms with Crippen molar-refractivity contribution in [1.82, 2.24) is 9.88 Å². The molecule has 0 spiro atoms. The van der Waals surface area contributed by atoms with Crippen LogP contribution in [-0.2, 0) is 4.79 Å². The summed E-state index contributed by atoms with van der Waals surface area (Å²) in [7, 11) is 1.73. The lowest BCUT2D eigenvalue weighted by Crippen LogP contribution is -2.41. The summed E-state index contributed by atoms with van der Waals surface area (Å²) in [5, 5.41) is 3.59. The van der Waals surface area contributed by atoms with Crippen molar-refractivity contribution < 1.29 is 14.0 Å². The monoisotopic (exact) mass is 367 g/mol. The van der Waals surface area contributed by atoms with Gasteiger partial charge in [-0.2, -0.15) is 0 Å². The molecule has 0 radical (unpaired) electrons. The smallest absolute Gasteiger partial charge is 0.238 e. The third-order valence-corrected chi connectivity index (χ3v) is 4.70. The van der Waals surface area contributed by atoms with E-state index >= 15 is 0 Å². The Bertz CT molecular complexity index is 979. The molecular weight excluding hydrogens is 345 g/mol. The van der Waals surface area contributed by atoms with Crippen LogP contribution in [0.3, 0.4) is 0 Å². The summed E-state index contributed by atoms with van der Waals surface area (Å²) < 4.78 is 12.9. The minimum absolute atomic E-state index is 0.0398. The third kappa shape index (κ3) is 4.06. The minimum atomic E-state index is -0.470. The summed E-state index contributed by atoms with van der Waals surface area (Å²) in [5.41, 5.74) is 2.91. The van der Waals surface area contributed by atoms with Gasteiger partial charge in [0.15, 0.2) is 5.78 Å². The first-order valence-electron chi connectivity index (χ1n) is 8.74. The molecule has 1 heterocycles. The van der Waals surface area contributed by atoms with E-state index in [0.717, 1.165) is 16.6 Å². The first kappa shape index (κ1) is 18.8. The van der Waals surface area contributed by atoms with Gasteiger partial charge in [0.25, 0.3) is 0 Å². The zero-order valence-electron chi connectivity index (χ0n) is 15.5. The summed E-state index contributed by atoms with van der Waals surface area (Å²) in [6.07, 6.45) is 0. The Morgan fingerprint density at radius 2 is 1.81 bits per heavy atom. The van der Waals surface area contributed by atoms with Crippen LogP contribution in [0.4, 0.5) is 10.1 Å². The normalized spacial score (nSPS) is 12.3. The highest BCUT2D eigenvalue weighted by atomic mass is 19.1. The van der Waals surface area contributed by atoms with Crippen LogP contribution >= 0.6 is 0 Å². The topological polar surface area (TPSA) is 65.2 Å². The second kappa shape index (κ2) is 7.72. The number of aromatic nitrogens is 1. The summed E-state index contributed by atoms with van der Waals surface area (Å²) in [5.74, 6) is -0.667. The number of aromatic amines is 1. The van der Waals surface area contributed by atoms with E-state index in [1.54, 1.807) is 18.9 Å². The first-order valence-corrected chi connectivity index (χ1v) is 8.74. The minimum Gasteiger partial charge on any atom is -0.358 e. The lowest BCUT2D eigenvalue weighted by Gasteiger charge is -2.23. The summed E-state index contributed by atoms with van der Waals surface area (Å²) in [6.45, 7) is 3.71. The van der Waals surface area contributed by atoms with E-state index in [-0.39, 0.29) is 24.1 Å². The third-order valence-electron chi connectivity index (χ3n) is 4.70. The Labute approximate surface area is 157 Å². The molecule has 0 saturated carbocycles. The average molecular weight is 367 g/mol. The van der Waals surface area contributed by atoms with Crippen molar-refractivity contribution in [2.24, 2.45) is 0 Å². The average Bonchev–Trinajstić information content (AvgIpc) is 2.98. The molecule has 140 valence electrons. The number of hydrogen-bond acceptors (Lipinski definition) is 3. The van der Waals surface area contributed by atoms with Crippen LogP contribution in [0.5, 0.6) is 0 Å². The fourth-order valence-electron chi connectivity index (χ4n) is 3.10. The van der Waals surface area contributed by atoms with E-state index in [2.05, 4.69) is 10.3 Å². The molecule has 2 N–H and O–H groups in total.